The van der Waals surface area contributed by atoms with Crippen LogP contribution in [-0.4, -0.2) is 41.1 Å². The molecule has 1 aliphatic heterocycles. The fourth-order valence-electron chi connectivity index (χ4n) is 3.62. The lowest BCUT2D eigenvalue weighted by Crippen LogP contribution is -2.39. The molecule has 8 heteroatoms. The molecule has 0 bridgehead atoms. The van der Waals surface area contributed by atoms with E-state index in [4.69, 9.17) is 20.9 Å². The van der Waals surface area contributed by atoms with E-state index >= 15 is 0 Å². The van der Waals surface area contributed by atoms with E-state index in [0.717, 1.165) is 30.2 Å². The number of hydrogen-bond donors (Lipinski definition) is 0. The van der Waals surface area contributed by atoms with Gasteiger partial charge in [-0.1, -0.05) is 16.8 Å². The van der Waals surface area contributed by atoms with Gasteiger partial charge in [-0.05, 0) is 61.2 Å². The van der Waals surface area contributed by atoms with Crippen molar-refractivity contribution < 1.29 is 18.4 Å². The van der Waals surface area contributed by atoms with E-state index < -0.39 is 5.82 Å². The van der Waals surface area contributed by atoms with Gasteiger partial charge in [0, 0.05) is 25.1 Å². The summed E-state index contributed by atoms with van der Waals surface area (Å²) in [5.74, 6) is 1.63. The van der Waals surface area contributed by atoms with Gasteiger partial charge in [0.2, 0.25) is 11.7 Å². The first-order valence-electron chi connectivity index (χ1n) is 9.75. The van der Waals surface area contributed by atoms with Gasteiger partial charge >= 0.3 is 0 Å². The number of methoxy groups -OCH3 is 1. The molecule has 156 valence electrons. The minimum absolute atomic E-state index is 0.138. The van der Waals surface area contributed by atoms with Crippen LogP contribution in [-0.2, 0) is 6.42 Å². The number of carbonyl (C=O) groups is 1. The number of likely N-dealkylation sites (tertiary alicyclic amines) is 1. The van der Waals surface area contributed by atoms with Crippen LogP contribution >= 0.6 is 11.6 Å². The van der Waals surface area contributed by atoms with Crippen molar-refractivity contribution in [3.8, 4) is 17.1 Å². The molecule has 0 radical (unpaired) electrons. The second-order valence-corrected chi connectivity index (χ2v) is 7.71. The molecule has 0 aliphatic carbocycles. The normalized spacial score (nSPS) is 14.7. The van der Waals surface area contributed by atoms with Crippen molar-refractivity contribution in [2.24, 2.45) is 5.92 Å². The molecule has 1 amide bonds. The summed E-state index contributed by atoms with van der Waals surface area (Å²) in [5.41, 5.74) is 1.19. The summed E-state index contributed by atoms with van der Waals surface area (Å²) in [6.07, 6.45) is 2.32. The number of ether oxygens (including phenoxy) is 1. The maximum Gasteiger partial charge on any atom is 0.255 e. The average Bonchev–Trinajstić information content (AvgIpc) is 3.22. The first kappa shape index (κ1) is 20.3. The van der Waals surface area contributed by atoms with Crippen molar-refractivity contribution in [3.63, 3.8) is 0 Å². The van der Waals surface area contributed by atoms with E-state index in [9.17, 15) is 9.18 Å². The fourth-order valence-corrected chi connectivity index (χ4v) is 3.86. The summed E-state index contributed by atoms with van der Waals surface area (Å²) in [6, 6.07) is 11.3. The van der Waals surface area contributed by atoms with E-state index in [1.807, 2.05) is 24.3 Å². The number of halogens is 2. The number of hydrogen-bond acceptors (Lipinski definition) is 5. The van der Waals surface area contributed by atoms with Gasteiger partial charge in [0.15, 0.2) is 0 Å². The lowest BCUT2D eigenvalue weighted by atomic mass is 9.93. The second-order valence-electron chi connectivity index (χ2n) is 7.30. The van der Waals surface area contributed by atoms with Gasteiger partial charge in [0.1, 0.15) is 11.6 Å². The molecular formula is C22H21ClFN3O3. The molecule has 2 heterocycles. The number of rotatable bonds is 5. The van der Waals surface area contributed by atoms with Gasteiger partial charge in [-0.3, -0.25) is 4.79 Å². The molecule has 4 rings (SSSR count). The van der Waals surface area contributed by atoms with Gasteiger partial charge in [0.25, 0.3) is 5.91 Å². The Morgan fingerprint density at radius 1 is 1.23 bits per heavy atom. The van der Waals surface area contributed by atoms with E-state index in [0.29, 0.717) is 42.7 Å². The molecular weight excluding hydrogens is 409 g/mol. The summed E-state index contributed by atoms with van der Waals surface area (Å²) in [6.45, 7) is 1.22. The highest BCUT2D eigenvalue weighted by atomic mass is 35.5. The van der Waals surface area contributed by atoms with Gasteiger partial charge in [0.05, 0.1) is 17.7 Å². The maximum atomic E-state index is 13.2. The third-order valence-corrected chi connectivity index (χ3v) is 5.66. The van der Waals surface area contributed by atoms with Crippen molar-refractivity contribution in [2.45, 2.75) is 19.3 Å². The molecule has 1 fully saturated rings. The summed E-state index contributed by atoms with van der Waals surface area (Å²) in [5, 5.41) is 4.21. The molecule has 0 N–H and O–H groups in total. The Hall–Kier alpha value is -2.93. The molecule has 6 nitrogen and oxygen atoms in total. The molecule has 2 aromatic carbocycles. The molecule has 1 aliphatic rings. The minimum atomic E-state index is -0.455. The number of aromatic nitrogens is 2. The Morgan fingerprint density at radius 3 is 2.63 bits per heavy atom. The molecule has 0 atom stereocenters. The summed E-state index contributed by atoms with van der Waals surface area (Å²) >= 11 is 6.03. The number of carbonyl (C=O) groups excluding carboxylic acids is 1. The lowest BCUT2D eigenvalue weighted by molar-refractivity contribution is 0.0687. The zero-order valence-electron chi connectivity index (χ0n) is 16.5. The SMILES string of the molecule is COc1ccc(-c2noc(CC3CCN(C(=O)c4ccc(F)cc4Cl)CC3)n2)cc1. The van der Waals surface area contributed by atoms with E-state index in [-0.39, 0.29) is 10.9 Å². The Balaban J connectivity index is 1.33. The van der Waals surface area contributed by atoms with Crippen LogP contribution in [0.2, 0.25) is 5.02 Å². The quantitative estimate of drug-likeness (QED) is 0.591. The molecule has 0 spiro atoms. The van der Waals surface area contributed by atoms with Crippen molar-refractivity contribution in [1.29, 1.82) is 0 Å². The van der Waals surface area contributed by atoms with Crippen LogP contribution in [0.25, 0.3) is 11.4 Å². The fraction of sp³-hybridized carbons (Fsp3) is 0.318. The predicted molar refractivity (Wildman–Crippen MR) is 110 cm³/mol. The van der Waals surface area contributed by atoms with E-state index in [1.54, 1.807) is 12.0 Å². The Morgan fingerprint density at radius 2 is 1.97 bits per heavy atom. The van der Waals surface area contributed by atoms with Crippen molar-refractivity contribution in [3.05, 3.63) is 64.8 Å². The second kappa shape index (κ2) is 8.83. The molecule has 0 saturated carbocycles. The number of benzene rings is 2. The zero-order valence-corrected chi connectivity index (χ0v) is 17.2. The number of piperidine rings is 1. The lowest BCUT2D eigenvalue weighted by Gasteiger charge is -2.31. The molecule has 1 aromatic heterocycles. The van der Waals surface area contributed by atoms with Crippen LogP contribution in [0.4, 0.5) is 4.39 Å². The molecule has 30 heavy (non-hydrogen) atoms. The van der Waals surface area contributed by atoms with Crippen molar-refractivity contribution in [1.82, 2.24) is 15.0 Å². The van der Waals surface area contributed by atoms with Crippen molar-refractivity contribution >= 4 is 17.5 Å². The molecule has 0 unspecified atom stereocenters. The summed E-state index contributed by atoms with van der Waals surface area (Å²) < 4.78 is 23.8. The highest BCUT2D eigenvalue weighted by Crippen LogP contribution is 2.26. The monoisotopic (exact) mass is 429 g/mol. The largest absolute Gasteiger partial charge is 0.497 e. The first-order chi connectivity index (χ1) is 14.5. The van der Waals surface area contributed by atoms with Crippen molar-refractivity contribution in [2.75, 3.05) is 20.2 Å². The third kappa shape index (κ3) is 4.46. The summed E-state index contributed by atoms with van der Waals surface area (Å²) in [4.78, 5) is 18.9. The number of nitrogens with zero attached hydrogens (tertiary/aromatic N) is 3. The molecule has 1 saturated heterocycles. The van der Waals surface area contributed by atoms with Crippen LogP contribution in [0.3, 0.4) is 0 Å². The number of amides is 1. The van der Waals surface area contributed by atoms with Gasteiger partial charge in [-0.15, -0.1) is 0 Å². The minimum Gasteiger partial charge on any atom is -0.497 e. The standard InChI is InChI=1S/C22H21ClFN3O3/c1-29-17-5-2-15(3-6-17)21-25-20(30-26-21)12-14-8-10-27(11-9-14)22(28)18-7-4-16(24)13-19(18)23/h2-7,13-14H,8-12H2,1H3. The van der Waals surface area contributed by atoms with E-state index in [1.165, 1.54) is 12.1 Å². The Kier molecular flexibility index (Phi) is 5.99. The smallest absolute Gasteiger partial charge is 0.255 e. The van der Waals surface area contributed by atoms with E-state index in [2.05, 4.69) is 10.1 Å². The van der Waals surface area contributed by atoms with Crippen LogP contribution in [0.1, 0.15) is 29.1 Å². The first-order valence-corrected chi connectivity index (χ1v) is 10.1. The molecule has 3 aromatic rings. The summed E-state index contributed by atoms with van der Waals surface area (Å²) in [7, 11) is 1.62. The van der Waals surface area contributed by atoms with Gasteiger partial charge < -0.3 is 14.2 Å². The maximum absolute atomic E-state index is 13.2. The highest BCUT2D eigenvalue weighted by Gasteiger charge is 2.26. The van der Waals surface area contributed by atoms with Gasteiger partial charge in [-0.25, -0.2) is 4.39 Å². The van der Waals surface area contributed by atoms with Crippen LogP contribution in [0.5, 0.6) is 5.75 Å². The third-order valence-electron chi connectivity index (χ3n) is 5.34. The average molecular weight is 430 g/mol. The Labute approximate surface area is 178 Å². The topological polar surface area (TPSA) is 68.5 Å². The zero-order chi connectivity index (χ0) is 21.1. The highest BCUT2D eigenvalue weighted by molar-refractivity contribution is 6.33. The van der Waals surface area contributed by atoms with Crippen LogP contribution in [0.15, 0.2) is 47.0 Å². The van der Waals surface area contributed by atoms with Gasteiger partial charge in [-0.2, -0.15) is 4.98 Å². The predicted octanol–water partition coefficient (Wildman–Crippen LogP) is 4.63. The Bertz CT molecular complexity index is 1030. The van der Waals surface area contributed by atoms with Crippen LogP contribution < -0.4 is 4.74 Å². The van der Waals surface area contributed by atoms with Crippen LogP contribution in [0, 0.1) is 11.7 Å².